The van der Waals surface area contributed by atoms with Crippen LogP contribution in [0.3, 0.4) is 0 Å². The lowest BCUT2D eigenvalue weighted by Crippen LogP contribution is -2.03. The molecular weight excluding hydrogens is 384 g/mol. The van der Waals surface area contributed by atoms with Crippen molar-refractivity contribution < 1.29 is 4.74 Å². The molecule has 0 saturated carbocycles. The van der Waals surface area contributed by atoms with E-state index in [0.29, 0.717) is 17.3 Å². The minimum Gasteiger partial charge on any atom is -0.497 e. The van der Waals surface area contributed by atoms with Gasteiger partial charge >= 0.3 is 0 Å². The van der Waals surface area contributed by atoms with E-state index in [4.69, 9.17) is 10.1 Å². The van der Waals surface area contributed by atoms with Crippen molar-refractivity contribution in [3.8, 4) is 17.6 Å². The summed E-state index contributed by atoms with van der Waals surface area (Å²) in [4.78, 5) is 0. The second-order valence-corrected chi connectivity index (χ2v) is 7.46. The number of hydrogen-bond donors (Lipinski definition) is 2. The van der Waals surface area contributed by atoms with Gasteiger partial charge in [-0.15, -0.1) is 5.11 Å². The van der Waals surface area contributed by atoms with Crippen LogP contribution in [0.15, 0.2) is 83.1 Å². The summed E-state index contributed by atoms with van der Waals surface area (Å²) in [6, 6.07) is 22.9. The van der Waals surface area contributed by atoms with Gasteiger partial charge in [-0.05, 0) is 66.4 Å². The lowest BCUT2D eigenvalue weighted by Gasteiger charge is -2.07. The van der Waals surface area contributed by atoms with Crippen molar-refractivity contribution in [2.24, 2.45) is 16.3 Å². The minimum atomic E-state index is 0.465. The minimum absolute atomic E-state index is 0.465. The van der Waals surface area contributed by atoms with Crippen LogP contribution in [0.1, 0.15) is 37.0 Å². The number of benzene rings is 3. The molecule has 5 heteroatoms. The Kier molecular flexibility index (Phi) is 7.56. The Hall–Kier alpha value is -3.91. The predicted octanol–water partition coefficient (Wildman–Crippen LogP) is 6.62. The van der Waals surface area contributed by atoms with Gasteiger partial charge in [0.2, 0.25) is 0 Å². The number of ether oxygens (including phenoxy) is 1. The smallest absolute Gasteiger partial charge is 0.118 e. The first-order chi connectivity index (χ1) is 15.0. The van der Waals surface area contributed by atoms with Crippen molar-refractivity contribution in [2.75, 3.05) is 12.5 Å². The number of anilines is 1. The van der Waals surface area contributed by atoms with Gasteiger partial charge in [0.25, 0.3) is 0 Å². The summed E-state index contributed by atoms with van der Waals surface area (Å²) in [5.41, 5.74) is 7.70. The van der Waals surface area contributed by atoms with Crippen LogP contribution < -0.4 is 10.2 Å². The summed E-state index contributed by atoms with van der Waals surface area (Å²) >= 11 is 0. The zero-order valence-electron chi connectivity index (χ0n) is 18.0. The monoisotopic (exact) mass is 410 g/mol. The molecule has 0 radical (unpaired) electrons. The maximum Gasteiger partial charge on any atom is 0.118 e. The van der Waals surface area contributed by atoms with E-state index in [2.05, 4.69) is 41.5 Å². The molecule has 156 valence electrons. The first-order valence-electron chi connectivity index (χ1n) is 10.1. The zero-order valence-corrected chi connectivity index (χ0v) is 18.0. The molecule has 0 amide bonds. The van der Waals surface area contributed by atoms with Crippen LogP contribution in [0.4, 0.5) is 11.4 Å². The molecule has 31 heavy (non-hydrogen) atoms. The molecule has 0 aliphatic heterocycles. The maximum absolute atomic E-state index is 8.15. The Balaban J connectivity index is 1.67. The Morgan fingerprint density at radius 3 is 2.35 bits per heavy atom. The SMILES string of the molecule is COc1ccc(C#Cc2ccccc2N=NNc2ccc(C(=N)CC(C)C)cc2)cc1. The molecule has 3 aromatic carbocycles. The third-order valence-corrected chi connectivity index (χ3v) is 4.52. The van der Waals surface area contributed by atoms with Crippen molar-refractivity contribution in [1.29, 1.82) is 5.41 Å². The molecule has 0 unspecified atom stereocenters. The highest BCUT2D eigenvalue weighted by molar-refractivity contribution is 5.98. The van der Waals surface area contributed by atoms with Crippen LogP contribution in [0.25, 0.3) is 0 Å². The van der Waals surface area contributed by atoms with Gasteiger partial charge in [0.05, 0.1) is 18.4 Å². The highest BCUT2D eigenvalue weighted by Crippen LogP contribution is 2.19. The Labute approximate surface area is 183 Å². The normalized spacial score (nSPS) is 10.6. The van der Waals surface area contributed by atoms with Crippen LogP contribution in [0, 0.1) is 23.2 Å². The quantitative estimate of drug-likeness (QED) is 0.199. The molecular formula is C26H26N4O. The summed E-state index contributed by atoms with van der Waals surface area (Å²) in [6.45, 7) is 4.23. The maximum atomic E-state index is 8.15. The van der Waals surface area contributed by atoms with Crippen molar-refractivity contribution in [2.45, 2.75) is 20.3 Å². The average molecular weight is 411 g/mol. The van der Waals surface area contributed by atoms with Crippen molar-refractivity contribution >= 4 is 17.1 Å². The van der Waals surface area contributed by atoms with E-state index in [1.807, 2.05) is 72.8 Å². The van der Waals surface area contributed by atoms with E-state index in [9.17, 15) is 0 Å². The third-order valence-electron chi connectivity index (χ3n) is 4.52. The van der Waals surface area contributed by atoms with Gasteiger partial charge < -0.3 is 10.1 Å². The largest absolute Gasteiger partial charge is 0.497 e. The molecule has 0 bridgehead atoms. The van der Waals surface area contributed by atoms with E-state index in [1.54, 1.807) is 7.11 Å². The summed E-state index contributed by atoms with van der Waals surface area (Å²) in [6.07, 6.45) is 0.765. The number of nitrogens with zero attached hydrogens (tertiary/aromatic N) is 2. The molecule has 0 aromatic heterocycles. The standard InChI is InChI=1S/C26H26N4O/c1-19(2)18-25(27)21-12-14-23(15-13-21)28-30-29-26-7-5-4-6-22(26)11-8-20-9-16-24(31-3)17-10-20/h4-7,9-10,12-17,19,27H,18H2,1-3H3,(H,28,29). The van der Waals surface area contributed by atoms with E-state index in [1.165, 1.54) is 0 Å². The topological polar surface area (TPSA) is 69.8 Å². The summed E-state index contributed by atoms with van der Waals surface area (Å²) in [7, 11) is 1.64. The number of rotatable bonds is 7. The van der Waals surface area contributed by atoms with Crippen molar-refractivity contribution in [3.05, 3.63) is 89.5 Å². The van der Waals surface area contributed by atoms with Gasteiger partial charge in [-0.25, -0.2) is 0 Å². The molecule has 0 saturated heterocycles. The molecule has 5 nitrogen and oxygen atoms in total. The average Bonchev–Trinajstić information content (AvgIpc) is 2.79. The van der Waals surface area contributed by atoms with Crippen LogP contribution in [-0.4, -0.2) is 12.8 Å². The van der Waals surface area contributed by atoms with Gasteiger partial charge in [0.1, 0.15) is 11.4 Å². The number of nitrogens with one attached hydrogen (secondary N) is 2. The summed E-state index contributed by atoms with van der Waals surface area (Å²) < 4.78 is 5.17. The fraction of sp³-hybridized carbons (Fsp3) is 0.192. The fourth-order valence-corrected chi connectivity index (χ4v) is 2.89. The lowest BCUT2D eigenvalue weighted by atomic mass is 10.0. The van der Waals surface area contributed by atoms with E-state index < -0.39 is 0 Å². The predicted molar refractivity (Wildman–Crippen MR) is 126 cm³/mol. The van der Waals surface area contributed by atoms with Crippen LogP contribution >= 0.6 is 0 Å². The van der Waals surface area contributed by atoms with Crippen molar-refractivity contribution in [1.82, 2.24) is 0 Å². The van der Waals surface area contributed by atoms with Crippen LogP contribution in [0.2, 0.25) is 0 Å². The van der Waals surface area contributed by atoms with E-state index >= 15 is 0 Å². The molecule has 0 aliphatic carbocycles. The lowest BCUT2D eigenvalue weighted by molar-refractivity contribution is 0.415. The van der Waals surface area contributed by atoms with Gasteiger partial charge in [0.15, 0.2) is 0 Å². The molecule has 3 aromatic rings. The molecule has 0 spiro atoms. The number of hydrogen-bond acceptors (Lipinski definition) is 4. The molecule has 2 N–H and O–H groups in total. The first-order valence-corrected chi connectivity index (χ1v) is 10.1. The second kappa shape index (κ2) is 10.7. The van der Waals surface area contributed by atoms with Crippen molar-refractivity contribution in [3.63, 3.8) is 0 Å². The van der Waals surface area contributed by atoms with E-state index in [-0.39, 0.29) is 0 Å². The van der Waals surface area contributed by atoms with Crippen LogP contribution in [0.5, 0.6) is 5.75 Å². The Bertz CT molecular complexity index is 1100. The fourth-order valence-electron chi connectivity index (χ4n) is 2.89. The highest BCUT2D eigenvalue weighted by atomic mass is 16.5. The van der Waals surface area contributed by atoms with Gasteiger partial charge in [-0.3, -0.25) is 5.43 Å². The second-order valence-electron chi connectivity index (χ2n) is 7.46. The van der Waals surface area contributed by atoms with Crippen LogP contribution in [-0.2, 0) is 0 Å². The number of methoxy groups -OCH3 is 1. The van der Waals surface area contributed by atoms with E-state index in [0.717, 1.165) is 34.5 Å². The highest BCUT2D eigenvalue weighted by Gasteiger charge is 2.04. The van der Waals surface area contributed by atoms with Gasteiger partial charge in [0, 0.05) is 11.3 Å². The molecule has 0 fully saturated rings. The molecule has 3 rings (SSSR count). The summed E-state index contributed by atoms with van der Waals surface area (Å²) in [5, 5.41) is 16.5. The Morgan fingerprint density at radius 2 is 1.68 bits per heavy atom. The molecule has 0 aliphatic rings. The third kappa shape index (κ3) is 6.55. The summed E-state index contributed by atoms with van der Waals surface area (Å²) in [5.74, 6) is 7.56. The zero-order chi connectivity index (χ0) is 22.1. The van der Waals surface area contributed by atoms with Gasteiger partial charge in [-0.2, -0.15) is 0 Å². The molecule has 0 heterocycles. The van der Waals surface area contributed by atoms with Gasteiger partial charge in [-0.1, -0.05) is 55.2 Å². The first kappa shape index (κ1) is 21.8. The Morgan fingerprint density at radius 1 is 0.968 bits per heavy atom. The molecule has 0 atom stereocenters.